The number of carbonyl (C=O) groups is 2. The Balaban J connectivity index is 0.00000107. The molecule has 1 aliphatic heterocycles. The van der Waals surface area contributed by atoms with Crippen LogP contribution in [0.2, 0.25) is 0 Å². The van der Waals surface area contributed by atoms with Crippen molar-refractivity contribution < 1.29 is 29.1 Å². The second-order valence-electron chi connectivity index (χ2n) is 7.83. The summed E-state index contributed by atoms with van der Waals surface area (Å²) >= 11 is 0. The number of rotatable bonds is 7. The second kappa shape index (κ2) is 10.8. The van der Waals surface area contributed by atoms with E-state index in [9.17, 15) is 9.90 Å². The van der Waals surface area contributed by atoms with E-state index in [-0.39, 0.29) is 29.2 Å². The van der Waals surface area contributed by atoms with Gasteiger partial charge in [0.05, 0.1) is 7.11 Å². The molecular weight excluding hydrogens is 404 g/mol. The van der Waals surface area contributed by atoms with Crippen molar-refractivity contribution in [2.24, 2.45) is 0 Å². The molecule has 1 aromatic heterocycles. The van der Waals surface area contributed by atoms with Crippen molar-refractivity contribution in [3.63, 3.8) is 0 Å². The first-order valence-corrected chi connectivity index (χ1v) is 9.86. The Labute approximate surface area is 181 Å². The molecule has 0 radical (unpaired) electrons. The van der Waals surface area contributed by atoms with Gasteiger partial charge in [-0.05, 0) is 45.2 Å². The fraction of sp³-hybridized carbons (Fsp3) is 0.476. The molecule has 3 N–H and O–H groups in total. The number of aromatic nitrogens is 1. The van der Waals surface area contributed by atoms with Gasteiger partial charge in [-0.1, -0.05) is 5.16 Å². The highest BCUT2D eigenvalue weighted by atomic mass is 16.5. The molecule has 1 saturated heterocycles. The van der Waals surface area contributed by atoms with E-state index >= 15 is 0 Å². The van der Waals surface area contributed by atoms with Crippen molar-refractivity contribution >= 4 is 18.3 Å². The van der Waals surface area contributed by atoms with Crippen molar-refractivity contribution in [3.05, 3.63) is 29.8 Å². The van der Waals surface area contributed by atoms with Gasteiger partial charge in [-0.25, -0.2) is 4.79 Å². The fourth-order valence-electron chi connectivity index (χ4n) is 3.37. The number of nitrogens with zero attached hydrogens (tertiary/aromatic N) is 3. The lowest BCUT2D eigenvalue weighted by Crippen LogP contribution is -2.56. The van der Waals surface area contributed by atoms with Crippen molar-refractivity contribution in [2.75, 3.05) is 52.2 Å². The molecular formula is C21H30N4O6. The molecule has 0 atom stereocenters. The number of hydrogen-bond acceptors (Lipinski definition) is 8. The molecule has 1 aliphatic rings. The van der Waals surface area contributed by atoms with Crippen LogP contribution in [0.1, 0.15) is 24.2 Å². The maximum atomic E-state index is 11.9. The molecule has 0 aliphatic carbocycles. The Hall–Kier alpha value is -3.11. The molecule has 10 heteroatoms. The lowest BCUT2D eigenvalue weighted by molar-refractivity contribution is -0.122. The summed E-state index contributed by atoms with van der Waals surface area (Å²) < 4.78 is 10.5. The van der Waals surface area contributed by atoms with Crippen molar-refractivity contribution in [1.29, 1.82) is 0 Å². The number of hydrogen-bond donors (Lipinski definition) is 3. The molecule has 1 fully saturated rings. The standard InChI is InChI=1S/C20H28N4O4.CH2O2/c1-20(2,24-11-9-23(3)10-12-24)13-21-18-16(19(25)26)17(28-22-18)14-5-7-15(27-4)8-6-14;2-1-3/h5-8H,9-13H2,1-4H3,(H,21,22)(H,25,26);1H,(H,2,3). The third kappa shape index (κ3) is 6.19. The number of nitrogens with one attached hydrogen (secondary N) is 1. The number of ether oxygens (including phenoxy) is 1. The number of benzene rings is 1. The molecule has 0 unspecified atom stereocenters. The van der Waals surface area contributed by atoms with Crippen LogP contribution in [0.3, 0.4) is 0 Å². The number of carboxylic acid groups (broad SMARTS) is 2. The van der Waals surface area contributed by atoms with Crippen LogP contribution in [0.15, 0.2) is 28.8 Å². The molecule has 1 aromatic carbocycles. The van der Waals surface area contributed by atoms with Crippen molar-refractivity contribution in [1.82, 2.24) is 15.0 Å². The molecule has 10 nitrogen and oxygen atoms in total. The van der Waals surface area contributed by atoms with Crippen LogP contribution in [0, 0.1) is 0 Å². The van der Waals surface area contributed by atoms with E-state index in [1.807, 2.05) is 0 Å². The van der Waals surface area contributed by atoms with Gasteiger partial charge in [-0.3, -0.25) is 9.69 Å². The van der Waals surface area contributed by atoms with Gasteiger partial charge in [0.25, 0.3) is 6.47 Å². The first-order chi connectivity index (χ1) is 14.7. The Morgan fingerprint density at radius 3 is 2.35 bits per heavy atom. The number of methoxy groups -OCH3 is 1. The van der Waals surface area contributed by atoms with E-state index in [2.05, 4.69) is 41.2 Å². The zero-order valence-corrected chi connectivity index (χ0v) is 18.3. The molecule has 31 heavy (non-hydrogen) atoms. The van der Waals surface area contributed by atoms with Crippen LogP contribution in [0.25, 0.3) is 11.3 Å². The summed E-state index contributed by atoms with van der Waals surface area (Å²) in [5.41, 5.74) is 0.535. The van der Waals surface area contributed by atoms with E-state index in [1.165, 1.54) is 0 Å². The number of likely N-dealkylation sites (N-methyl/N-ethyl adjacent to an activating group) is 1. The fourth-order valence-corrected chi connectivity index (χ4v) is 3.37. The second-order valence-corrected chi connectivity index (χ2v) is 7.83. The van der Waals surface area contributed by atoms with Gasteiger partial charge in [0, 0.05) is 43.8 Å². The molecule has 0 amide bonds. The molecule has 170 valence electrons. The molecule has 2 aromatic rings. The van der Waals surface area contributed by atoms with E-state index in [4.69, 9.17) is 19.2 Å². The average molecular weight is 434 g/mol. The topological polar surface area (TPSA) is 128 Å². The minimum absolute atomic E-state index is 0.0411. The van der Waals surface area contributed by atoms with Gasteiger partial charge in [0.1, 0.15) is 5.75 Å². The smallest absolute Gasteiger partial charge is 0.343 e. The van der Waals surface area contributed by atoms with Crippen molar-refractivity contribution in [2.45, 2.75) is 19.4 Å². The normalized spacial score (nSPS) is 15.0. The SMILES string of the molecule is COc1ccc(-c2onc(NCC(C)(C)N3CCN(C)CC3)c2C(=O)O)cc1.O=CO. The van der Waals surface area contributed by atoms with E-state index < -0.39 is 5.97 Å². The van der Waals surface area contributed by atoms with E-state index in [1.54, 1.807) is 31.4 Å². The van der Waals surface area contributed by atoms with E-state index in [0.29, 0.717) is 17.9 Å². The lowest BCUT2D eigenvalue weighted by atomic mass is 10.0. The van der Waals surface area contributed by atoms with Crippen LogP contribution >= 0.6 is 0 Å². The summed E-state index contributed by atoms with van der Waals surface area (Å²) in [5.74, 6) is 0.0926. The molecule has 0 saturated carbocycles. The predicted octanol–water partition coefficient (Wildman–Crippen LogP) is 2.19. The minimum atomic E-state index is -1.08. The molecule has 0 bridgehead atoms. The molecule has 2 heterocycles. The first kappa shape index (κ1) is 24.2. The quantitative estimate of drug-likeness (QED) is 0.558. The van der Waals surface area contributed by atoms with Gasteiger partial charge in [0.15, 0.2) is 17.1 Å². The number of aromatic carboxylic acids is 1. The summed E-state index contributed by atoms with van der Waals surface area (Å²) in [4.78, 5) is 25.0. The third-order valence-corrected chi connectivity index (χ3v) is 5.31. The third-order valence-electron chi connectivity index (χ3n) is 5.31. The maximum Gasteiger partial charge on any atom is 0.343 e. The van der Waals surface area contributed by atoms with Crippen LogP contribution in [0.5, 0.6) is 5.75 Å². The lowest BCUT2D eigenvalue weighted by Gasteiger charge is -2.43. The van der Waals surface area contributed by atoms with Crippen LogP contribution in [-0.2, 0) is 4.79 Å². The highest BCUT2D eigenvalue weighted by Gasteiger charge is 2.31. The zero-order chi connectivity index (χ0) is 23.0. The van der Waals surface area contributed by atoms with Gasteiger partial charge in [-0.2, -0.15) is 0 Å². The van der Waals surface area contributed by atoms with E-state index in [0.717, 1.165) is 26.2 Å². The number of anilines is 1. The van der Waals surface area contributed by atoms with Gasteiger partial charge in [0.2, 0.25) is 0 Å². The monoisotopic (exact) mass is 434 g/mol. The number of piperazine rings is 1. The molecule has 3 rings (SSSR count). The minimum Gasteiger partial charge on any atom is -0.497 e. The summed E-state index contributed by atoms with van der Waals surface area (Å²) in [6.45, 7) is 8.61. The maximum absolute atomic E-state index is 11.9. The highest BCUT2D eigenvalue weighted by molar-refractivity contribution is 5.99. The Kier molecular flexibility index (Phi) is 8.40. The average Bonchev–Trinajstić information content (AvgIpc) is 3.18. The summed E-state index contributed by atoms with van der Waals surface area (Å²) in [6, 6.07) is 7.02. The Morgan fingerprint density at radius 1 is 1.26 bits per heavy atom. The van der Waals surface area contributed by atoms with Crippen LogP contribution in [0.4, 0.5) is 5.82 Å². The predicted molar refractivity (Wildman–Crippen MR) is 116 cm³/mol. The van der Waals surface area contributed by atoms with Crippen LogP contribution in [-0.4, -0.2) is 90.0 Å². The van der Waals surface area contributed by atoms with Crippen molar-refractivity contribution in [3.8, 4) is 17.1 Å². The summed E-state index contributed by atoms with van der Waals surface area (Å²) in [5, 5.41) is 23.8. The summed E-state index contributed by atoms with van der Waals surface area (Å²) in [6.07, 6.45) is 0. The number of carboxylic acids is 1. The Bertz CT molecular complexity index is 857. The van der Waals surface area contributed by atoms with Gasteiger partial charge in [-0.15, -0.1) is 0 Å². The van der Waals surface area contributed by atoms with Gasteiger partial charge < -0.3 is 29.7 Å². The Morgan fingerprint density at radius 2 is 1.84 bits per heavy atom. The zero-order valence-electron chi connectivity index (χ0n) is 18.3. The first-order valence-electron chi connectivity index (χ1n) is 9.86. The molecule has 0 spiro atoms. The summed E-state index contributed by atoms with van der Waals surface area (Å²) in [7, 11) is 3.70. The van der Waals surface area contributed by atoms with Gasteiger partial charge >= 0.3 is 5.97 Å². The largest absolute Gasteiger partial charge is 0.497 e. The van der Waals surface area contributed by atoms with Crippen LogP contribution < -0.4 is 10.1 Å². The highest BCUT2D eigenvalue weighted by Crippen LogP contribution is 2.31.